The predicted octanol–water partition coefficient (Wildman–Crippen LogP) is 1.82. The number of hydrogen-bond donors (Lipinski definition) is 0. The molecule has 0 saturated carbocycles. The van der Waals surface area contributed by atoms with Gasteiger partial charge in [-0.05, 0) is 31.6 Å². The average molecular weight is 325 g/mol. The third kappa shape index (κ3) is 3.22. The SMILES string of the molecule is O=S(=O)(N1CCCCC1)N1CCC(CBr)CC1. The van der Waals surface area contributed by atoms with E-state index in [9.17, 15) is 8.42 Å². The van der Waals surface area contributed by atoms with E-state index in [0.29, 0.717) is 32.1 Å². The second kappa shape index (κ2) is 5.99. The van der Waals surface area contributed by atoms with Crippen molar-refractivity contribution in [2.24, 2.45) is 5.92 Å². The third-order valence-electron chi connectivity index (χ3n) is 3.76. The second-order valence-electron chi connectivity index (χ2n) is 4.96. The van der Waals surface area contributed by atoms with Crippen molar-refractivity contribution < 1.29 is 8.42 Å². The van der Waals surface area contributed by atoms with E-state index < -0.39 is 10.2 Å². The van der Waals surface area contributed by atoms with Crippen molar-refractivity contribution >= 4 is 26.1 Å². The largest absolute Gasteiger partial charge is 0.281 e. The molecule has 0 aromatic carbocycles. The summed E-state index contributed by atoms with van der Waals surface area (Å²) in [4.78, 5) is 0. The fourth-order valence-corrected chi connectivity index (χ4v) is 4.92. The highest BCUT2D eigenvalue weighted by Gasteiger charge is 2.33. The van der Waals surface area contributed by atoms with E-state index in [1.807, 2.05) is 0 Å². The molecule has 2 fully saturated rings. The Balaban J connectivity index is 1.96. The summed E-state index contributed by atoms with van der Waals surface area (Å²) >= 11 is 3.48. The van der Waals surface area contributed by atoms with E-state index >= 15 is 0 Å². The topological polar surface area (TPSA) is 40.6 Å². The minimum absolute atomic E-state index is 0.641. The molecular weight excluding hydrogens is 304 g/mol. The molecule has 0 unspecified atom stereocenters. The van der Waals surface area contributed by atoms with Crippen LogP contribution in [0, 0.1) is 5.92 Å². The van der Waals surface area contributed by atoms with E-state index in [2.05, 4.69) is 15.9 Å². The van der Waals surface area contributed by atoms with Crippen LogP contribution in [0.25, 0.3) is 0 Å². The summed E-state index contributed by atoms with van der Waals surface area (Å²) in [5.74, 6) is 0.641. The highest BCUT2D eigenvalue weighted by atomic mass is 79.9. The Bertz CT molecular complexity index is 333. The molecule has 2 heterocycles. The Kier molecular flexibility index (Phi) is 4.86. The van der Waals surface area contributed by atoms with Gasteiger partial charge in [0.15, 0.2) is 0 Å². The van der Waals surface area contributed by atoms with Gasteiger partial charge in [-0.2, -0.15) is 17.0 Å². The highest BCUT2D eigenvalue weighted by Crippen LogP contribution is 2.24. The molecule has 0 N–H and O–H groups in total. The van der Waals surface area contributed by atoms with Gasteiger partial charge < -0.3 is 0 Å². The Morgan fingerprint density at radius 2 is 1.47 bits per heavy atom. The average Bonchev–Trinajstić information content (AvgIpc) is 2.40. The third-order valence-corrected chi connectivity index (χ3v) is 6.71. The van der Waals surface area contributed by atoms with Crippen molar-refractivity contribution in [3.63, 3.8) is 0 Å². The van der Waals surface area contributed by atoms with Crippen LogP contribution in [0.1, 0.15) is 32.1 Å². The molecule has 17 heavy (non-hydrogen) atoms. The Labute approximate surface area is 113 Å². The van der Waals surface area contributed by atoms with E-state index in [-0.39, 0.29) is 0 Å². The van der Waals surface area contributed by atoms with Crippen LogP contribution in [0.4, 0.5) is 0 Å². The quantitative estimate of drug-likeness (QED) is 0.743. The maximum Gasteiger partial charge on any atom is 0.281 e. The number of rotatable bonds is 3. The first-order chi connectivity index (χ1) is 8.14. The lowest BCUT2D eigenvalue weighted by molar-refractivity contribution is 0.255. The minimum atomic E-state index is -3.17. The van der Waals surface area contributed by atoms with Gasteiger partial charge in [0.1, 0.15) is 0 Å². The van der Waals surface area contributed by atoms with Gasteiger partial charge in [0.05, 0.1) is 0 Å². The molecule has 0 spiro atoms. The molecule has 0 aromatic rings. The molecule has 0 aromatic heterocycles. The first-order valence-corrected chi connectivity index (χ1v) is 8.97. The van der Waals surface area contributed by atoms with Crippen LogP contribution < -0.4 is 0 Å². The van der Waals surface area contributed by atoms with Crippen molar-refractivity contribution in [2.75, 3.05) is 31.5 Å². The smallest absolute Gasteiger partial charge is 0.195 e. The molecule has 2 saturated heterocycles. The first-order valence-electron chi connectivity index (χ1n) is 6.46. The number of nitrogens with zero attached hydrogens (tertiary/aromatic N) is 2. The molecular formula is C11H21BrN2O2S. The zero-order chi connectivity index (χ0) is 12.3. The van der Waals surface area contributed by atoms with Crippen LogP contribution in [-0.4, -0.2) is 48.5 Å². The van der Waals surface area contributed by atoms with Gasteiger partial charge in [0.2, 0.25) is 0 Å². The van der Waals surface area contributed by atoms with Crippen molar-refractivity contribution in [2.45, 2.75) is 32.1 Å². The predicted molar refractivity (Wildman–Crippen MR) is 72.4 cm³/mol. The highest BCUT2D eigenvalue weighted by molar-refractivity contribution is 9.09. The number of piperidine rings is 2. The van der Waals surface area contributed by atoms with E-state index in [1.165, 1.54) is 0 Å². The zero-order valence-corrected chi connectivity index (χ0v) is 12.5. The maximum atomic E-state index is 12.4. The van der Waals surface area contributed by atoms with Gasteiger partial charge in [-0.15, -0.1) is 0 Å². The molecule has 4 nitrogen and oxygen atoms in total. The Morgan fingerprint density at radius 1 is 0.941 bits per heavy atom. The molecule has 0 amide bonds. The van der Waals surface area contributed by atoms with Crippen LogP contribution in [-0.2, 0) is 10.2 Å². The van der Waals surface area contributed by atoms with Crippen LogP contribution in [0.15, 0.2) is 0 Å². The molecule has 0 bridgehead atoms. The monoisotopic (exact) mass is 324 g/mol. The molecule has 0 aliphatic carbocycles. The molecule has 6 heteroatoms. The number of alkyl halides is 1. The zero-order valence-electron chi connectivity index (χ0n) is 10.1. The summed E-state index contributed by atoms with van der Waals surface area (Å²) in [5.41, 5.74) is 0. The van der Waals surface area contributed by atoms with Crippen LogP contribution >= 0.6 is 15.9 Å². The standard InChI is InChI=1S/C11H21BrN2O2S/c12-10-11-4-8-14(9-5-11)17(15,16)13-6-2-1-3-7-13/h11H,1-10H2. The molecule has 100 valence electrons. The lowest BCUT2D eigenvalue weighted by Crippen LogP contribution is -2.48. The van der Waals surface area contributed by atoms with Gasteiger partial charge in [-0.3, -0.25) is 0 Å². The molecule has 2 rings (SSSR count). The van der Waals surface area contributed by atoms with Crippen LogP contribution in [0.3, 0.4) is 0 Å². The lowest BCUT2D eigenvalue weighted by atomic mass is 10.0. The fraction of sp³-hybridized carbons (Fsp3) is 1.00. The molecule has 2 aliphatic heterocycles. The number of halogens is 1. The molecule has 2 aliphatic rings. The van der Waals surface area contributed by atoms with E-state index in [4.69, 9.17) is 0 Å². The van der Waals surface area contributed by atoms with Crippen molar-refractivity contribution in [3.8, 4) is 0 Å². The van der Waals surface area contributed by atoms with Gasteiger partial charge in [0, 0.05) is 31.5 Å². The normalized spacial score (nSPS) is 26.2. The molecule has 0 radical (unpaired) electrons. The summed E-state index contributed by atoms with van der Waals surface area (Å²) in [6.07, 6.45) is 5.16. The van der Waals surface area contributed by atoms with Gasteiger partial charge in [-0.25, -0.2) is 0 Å². The maximum absolute atomic E-state index is 12.4. The van der Waals surface area contributed by atoms with E-state index in [1.54, 1.807) is 8.61 Å². The summed E-state index contributed by atoms with van der Waals surface area (Å²) < 4.78 is 28.1. The van der Waals surface area contributed by atoms with Crippen molar-refractivity contribution in [1.82, 2.24) is 8.61 Å². The number of hydrogen-bond acceptors (Lipinski definition) is 2. The van der Waals surface area contributed by atoms with Crippen LogP contribution in [0.2, 0.25) is 0 Å². The minimum Gasteiger partial charge on any atom is -0.195 e. The first kappa shape index (κ1) is 13.8. The Hall–Kier alpha value is 0.350. The lowest BCUT2D eigenvalue weighted by Gasteiger charge is -2.35. The second-order valence-corrected chi connectivity index (χ2v) is 7.54. The summed E-state index contributed by atoms with van der Waals surface area (Å²) in [7, 11) is -3.17. The van der Waals surface area contributed by atoms with Gasteiger partial charge in [0.25, 0.3) is 10.2 Å². The summed E-state index contributed by atoms with van der Waals surface area (Å²) in [5, 5.41) is 0.991. The Morgan fingerprint density at radius 3 is 2.00 bits per heavy atom. The van der Waals surface area contributed by atoms with Crippen molar-refractivity contribution in [1.29, 1.82) is 0 Å². The van der Waals surface area contributed by atoms with Crippen LogP contribution in [0.5, 0.6) is 0 Å². The summed E-state index contributed by atoms with van der Waals surface area (Å²) in [6.45, 7) is 2.80. The molecule has 0 atom stereocenters. The summed E-state index contributed by atoms with van der Waals surface area (Å²) in [6, 6.07) is 0. The van der Waals surface area contributed by atoms with Crippen molar-refractivity contribution in [3.05, 3.63) is 0 Å². The fourth-order valence-electron chi connectivity index (χ4n) is 2.55. The van der Waals surface area contributed by atoms with E-state index in [0.717, 1.165) is 37.4 Å². The van der Waals surface area contributed by atoms with Gasteiger partial charge in [-0.1, -0.05) is 22.4 Å². The van der Waals surface area contributed by atoms with Gasteiger partial charge >= 0.3 is 0 Å².